The van der Waals surface area contributed by atoms with Crippen molar-refractivity contribution in [1.82, 2.24) is 9.88 Å². The third kappa shape index (κ3) is 4.42. The Morgan fingerprint density at radius 1 is 1.42 bits per heavy atom. The van der Waals surface area contributed by atoms with Gasteiger partial charge in [0.05, 0.1) is 30.9 Å². The lowest BCUT2D eigenvalue weighted by atomic mass is 9.97. The second kappa shape index (κ2) is 8.33. The molecule has 0 saturated carbocycles. The molecule has 26 heavy (non-hydrogen) atoms. The molecular formula is C18H20ClN3O4. The molecule has 8 heteroatoms. The minimum absolute atomic E-state index is 0.0721. The fourth-order valence-corrected chi connectivity index (χ4v) is 3.16. The number of ether oxygens (including phenoxy) is 1. The SMILES string of the molecule is COC(=O)c1ccoc1CN1CCCC(C(=O)Nc2ccc(Cl)cn2)C1. The molecule has 0 radical (unpaired) electrons. The van der Waals surface area contributed by atoms with Crippen molar-refractivity contribution in [3.8, 4) is 0 Å². The van der Waals surface area contributed by atoms with Crippen molar-refractivity contribution in [2.24, 2.45) is 5.92 Å². The van der Waals surface area contributed by atoms with Gasteiger partial charge in [0, 0.05) is 12.7 Å². The third-order valence-corrected chi connectivity index (χ3v) is 4.60. The summed E-state index contributed by atoms with van der Waals surface area (Å²) in [6, 6.07) is 4.95. The molecule has 1 saturated heterocycles. The highest BCUT2D eigenvalue weighted by Crippen LogP contribution is 2.22. The summed E-state index contributed by atoms with van der Waals surface area (Å²) >= 11 is 5.81. The lowest BCUT2D eigenvalue weighted by molar-refractivity contribution is -0.121. The summed E-state index contributed by atoms with van der Waals surface area (Å²) in [6.45, 7) is 1.88. The molecule has 0 aromatic carbocycles. The zero-order valence-electron chi connectivity index (χ0n) is 14.4. The van der Waals surface area contributed by atoms with Crippen LogP contribution in [-0.4, -0.2) is 42.0 Å². The number of methoxy groups -OCH3 is 1. The maximum atomic E-state index is 12.5. The first-order chi connectivity index (χ1) is 12.6. The standard InChI is InChI=1S/C18H20ClN3O4/c1-25-18(24)14-6-8-26-15(14)11-22-7-2-3-12(10-22)17(23)21-16-5-4-13(19)9-20-16/h4-6,8-9,12H,2-3,7,10-11H2,1H3,(H,20,21,23). The Morgan fingerprint density at radius 2 is 2.27 bits per heavy atom. The van der Waals surface area contributed by atoms with E-state index in [0.717, 1.165) is 19.4 Å². The topological polar surface area (TPSA) is 84.7 Å². The largest absolute Gasteiger partial charge is 0.467 e. The van der Waals surface area contributed by atoms with Crippen LogP contribution in [0.5, 0.6) is 0 Å². The monoisotopic (exact) mass is 377 g/mol. The van der Waals surface area contributed by atoms with Crippen molar-refractivity contribution in [2.75, 3.05) is 25.5 Å². The van der Waals surface area contributed by atoms with Crippen LogP contribution in [0.1, 0.15) is 29.0 Å². The molecule has 0 spiro atoms. The quantitative estimate of drug-likeness (QED) is 0.806. The van der Waals surface area contributed by atoms with Gasteiger partial charge < -0.3 is 14.5 Å². The molecule has 0 aliphatic carbocycles. The van der Waals surface area contributed by atoms with Crippen LogP contribution in [0.15, 0.2) is 35.1 Å². The predicted molar refractivity (Wildman–Crippen MR) is 95.9 cm³/mol. The van der Waals surface area contributed by atoms with Crippen LogP contribution in [0.3, 0.4) is 0 Å². The van der Waals surface area contributed by atoms with E-state index in [9.17, 15) is 9.59 Å². The number of hydrogen-bond donors (Lipinski definition) is 1. The summed E-state index contributed by atoms with van der Waals surface area (Å²) in [4.78, 5) is 30.5. The number of hydrogen-bond acceptors (Lipinski definition) is 6. The van der Waals surface area contributed by atoms with Crippen LogP contribution in [-0.2, 0) is 16.1 Å². The number of aromatic nitrogens is 1. The number of furan rings is 1. The van der Waals surface area contributed by atoms with Gasteiger partial charge in [-0.05, 0) is 37.6 Å². The van der Waals surface area contributed by atoms with Gasteiger partial charge in [0.2, 0.25) is 5.91 Å². The summed E-state index contributed by atoms with van der Waals surface area (Å²) in [5.74, 6) is 0.386. The molecule has 1 aliphatic rings. The highest BCUT2D eigenvalue weighted by molar-refractivity contribution is 6.30. The summed E-state index contributed by atoms with van der Waals surface area (Å²) in [5, 5.41) is 3.34. The van der Waals surface area contributed by atoms with Crippen molar-refractivity contribution in [1.29, 1.82) is 0 Å². The Morgan fingerprint density at radius 3 is 3.00 bits per heavy atom. The molecule has 3 heterocycles. The van der Waals surface area contributed by atoms with E-state index in [1.807, 2.05) is 0 Å². The first-order valence-corrected chi connectivity index (χ1v) is 8.74. The molecule has 2 aromatic rings. The minimum Gasteiger partial charge on any atom is -0.467 e. The average Bonchev–Trinajstić information content (AvgIpc) is 3.11. The number of pyridine rings is 1. The number of esters is 1. The molecule has 0 bridgehead atoms. The second-order valence-corrected chi connectivity index (χ2v) is 6.61. The Bertz CT molecular complexity index is 775. The maximum Gasteiger partial charge on any atom is 0.341 e. The fourth-order valence-electron chi connectivity index (χ4n) is 3.05. The minimum atomic E-state index is -0.422. The number of piperidine rings is 1. The van der Waals surface area contributed by atoms with Crippen LogP contribution in [0.25, 0.3) is 0 Å². The van der Waals surface area contributed by atoms with E-state index in [1.54, 1.807) is 18.2 Å². The Kier molecular flexibility index (Phi) is 5.90. The molecule has 1 aliphatic heterocycles. The van der Waals surface area contributed by atoms with Gasteiger partial charge >= 0.3 is 5.97 Å². The summed E-state index contributed by atoms with van der Waals surface area (Å²) in [6.07, 6.45) is 4.66. The van der Waals surface area contributed by atoms with E-state index in [4.69, 9.17) is 20.8 Å². The molecule has 1 atom stereocenters. The number of nitrogens with one attached hydrogen (secondary N) is 1. The lowest BCUT2D eigenvalue weighted by Crippen LogP contribution is -2.40. The number of carbonyl (C=O) groups excluding carboxylic acids is 2. The number of carbonyl (C=O) groups is 2. The van der Waals surface area contributed by atoms with Gasteiger partial charge in [-0.2, -0.15) is 0 Å². The number of rotatable bonds is 5. The molecule has 1 fully saturated rings. The normalized spacial score (nSPS) is 17.7. The number of halogens is 1. The Labute approximate surface area is 156 Å². The van der Waals surface area contributed by atoms with Crippen LogP contribution in [0, 0.1) is 5.92 Å². The van der Waals surface area contributed by atoms with E-state index in [0.29, 0.717) is 35.3 Å². The molecule has 1 N–H and O–H groups in total. The summed E-state index contributed by atoms with van der Waals surface area (Å²) in [7, 11) is 1.34. The summed E-state index contributed by atoms with van der Waals surface area (Å²) < 4.78 is 10.2. The van der Waals surface area contributed by atoms with Crippen LogP contribution < -0.4 is 5.32 Å². The van der Waals surface area contributed by atoms with E-state index >= 15 is 0 Å². The van der Waals surface area contributed by atoms with Gasteiger partial charge in [-0.3, -0.25) is 9.69 Å². The van der Waals surface area contributed by atoms with Gasteiger partial charge in [0.25, 0.3) is 0 Å². The predicted octanol–water partition coefficient (Wildman–Crippen LogP) is 2.97. The van der Waals surface area contributed by atoms with Crippen molar-refractivity contribution in [3.63, 3.8) is 0 Å². The molecule has 1 unspecified atom stereocenters. The molecule has 2 aromatic heterocycles. The molecule has 138 valence electrons. The van der Waals surface area contributed by atoms with Gasteiger partial charge in [0.1, 0.15) is 17.1 Å². The smallest absolute Gasteiger partial charge is 0.341 e. The fraction of sp³-hybridized carbons (Fsp3) is 0.389. The molecular weight excluding hydrogens is 358 g/mol. The van der Waals surface area contributed by atoms with E-state index in [2.05, 4.69) is 15.2 Å². The molecule has 1 amide bonds. The van der Waals surface area contributed by atoms with Crippen LogP contribution in [0.2, 0.25) is 5.02 Å². The lowest BCUT2D eigenvalue weighted by Gasteiger charge is -2.31. The third-order valence-electron chi connectivity index (χ3n) is 4.37. The first-order valence-electron chi connectivity index (χ1n) is 8.36. The van der Waals surface area contributed by atoms with Gasteiger partial charge in [-0.15, -0.1) is 0 Å². The van der Waals surface area contributed by atoms with Gasteiger partial charge in [-0.1, -0.05) is 11.6 Å². The zero-order valence-corrected chi connectivity index (χ0v) is 15.2. The van der Waals surface area contributed by atoms with Crippen molar-refractivity contribution < 1.29 is 18.7 Å². The average molecular weight is 378 g/mol. The van der Waals surface area contributed by atoms with Crippen molar-refractivity contribution in [3.05, 3.63) is 47.0 Å². The zero-order chi connectivity index (χ0) is 18.5. The van der Waals surface area contributed by atoms with Crippen LogP contribution >= 0.6 is 11.6 Å². The molecule has 3 rings (SSSR count). The van der Waals surface area contributed by atoms with Crippen LogP contribution in [0.4, 0.5) is 5.82 Å². The first kappa shape index (κ1) is 18.4. The van der Waals surface area contributed by atoms with E-state index in [1.165, 1.54) is 19.6 Å². The second-order valence-electron chi connectivity index (χ2n) is 6.17. The number of nitrogens with zero attached hydrogens (tertiary/aromatic N) is 2. The summed E-state index contributed by atoms with van der Waals surface area (Å²) in [5.41, 5.74) is 0.421. The molecule has 7 nitrogen and oxygen atoms in total. The maximum absolute atomic E-state index is 12.5. The number of likely N-dealkylation sites (tertiary alicyclic amines) is 1. The van der Waals surface area contributed by atoms with Crippen molar-refractivity contribution in [2.45, 2.75) is 19.4 Å². The van der Waals surface area contributed by atoms with Crippen molar-refractivity contribution >= 4 is 29.3 Å². The highest BCUT2D eigenvalue weighted by Gasteiger charge is 2.27. The highest BCUT2D eigenvalue weighted by atomic mass is 35.5. The van der Waals surface area contributed by atoms with Gasteiger partial charge in [0.15, 0.2) is 0 Å². The van der Waals surface area contributed by atoms with Gasteiger partial charge in [-0.25, -0.2) is 9.78 Å². The van der Waals surface area contributed by atoms with E-state index in [-0.39, 0.29) is 11.8 Å². The Hall–Kier alpha value is -2.38. The Balaban J connectivity index is 1.60. The number of anilines is 1. The van der Waals surface area contributed by atoms with E-state index < -0.39 is 5.97 Å². The number of amides is 1.